The highest BCUT2D eigenvalue weighted by Gasteiger charge is 2.50. The van der Waals surface area contributed by atoms with Crippen molar-refractivity contribution in [3.8, 4) is 0 Å². The van der Waals surface area contributed by atoms with E-state index in [0.717, 1.165) is 48.8 Å². The van der Waals surface area contributed by atoms with Crippen LogP contribution >= 0.6 is 0 Å². The molecule has 0 unspecified atom stereocenters. The van der Waals surface area contributed by atoms with Crippen LogP contribution in [0.5, 0.6) is 0 Å². The van der Waals surface area contributed by atoms with E-state index in [4.69, 9.17) is 0 Å². The zero-order valence-corrected chi connectivity index (χ0v) is 25.7. The molecule has 1 aromatic rings. The molecule has 0 radical (unpaired) electrons. The summed E-state index contributed by atoms with van der Waals surface area (Å²) in [6, 6.07) is 6.84. The molecule has 3 aliphatic carbocycles. The number of hydrogen-bond acceptors (Lipinski definition) is 5. The lowest BCUT2D eigenvalue weighted by Crippen LogP contribution is -2.36. The highest BCUT2D eigenvalue weighted by Crippen LogP contribution is 2.59. The highest BCUT2D eigenvalue weighted by atomic mass is 32.2. The lowest BCUT2D eigenvalue weighted by Gasteiger charge is -2.44. The van der Waals surface area contributed by atoms with Crippen molar-refractivity contribution in [3.63, 3.8) is 0 Å². The highest BCUT2D eigenvalue weighted by molar-refractivity contribution is 7.91. The van der Waals surface area contributed by atoms with Crippen LogP contribution in [0.1, 0.15) is 97.5 Å². The fraction of sp³-hybridized carbons (Fsp3) is 0.647. The van der Waals surface area contributed by atoms with E-state index in [9.17, 15) is 23.7 Å². The molecular formula is C34H50O5S. The van der Waals surface area contributed by atoms with Crippen molar-refractivity contribution in [3.05, 3.63) is 65.3 Å². The second kappa shape index (κ2) is 12.2. The molecule has 0 aromatic heterocycles. The monoisotopic (exact) mass is 570 g/mol. The average Bonchev–Trinajstić information content (AvgIpc) is 3.30. The Hall–Kier alpha value is -1.73. The second-order valence-electron chi connectivity index (χ2n) is 13.0. The summed E-state index contributed by atoms with van der Waals surface area (Å²) in [5.41, 5.74) is 3.13. The molecule has 3 N–H and O–H groups in total. The minimum atomic E-state index is -3.41. The second-order valence-corrected chi connectivity index (χ2v) is 15.1. The first-order valence-corrected chi connectivity index (χ1v) is 17.0. The zero-order valence-electron chi connectivity index (χ0n) is 24.9. The van der Waals surface area contributed by atoms with Crippen LogP contribution in [-0.4, -0.2) is 41.7 Å². The predicted octanol–water partition coefficient (Wildman–Crippen LogP) is 6.64. The van der Waals surface area contributed by atoms with Gasteiger partial charge in [0.2, 0.25) is 0 Å². The first-order valence-electron chi connectivity index (χ1n) is 15.3. The maximum absolute atomic E-state index is 13.3. The Balaban J connectivity index is 1.43. The largest absolute Gasteiger partial charge is 0.393 e. The van der Waals surface area contributed by atoms with Crippen LogP contribution in [-0.2, 0) is 15.4 Å². The predicted molar refractivity (Wildman–Crippen MR) is 161 cm³/mol. The minimum absolute atomic E-state index is 0.137. The summed E-state index contributed by atoms with van der Waals surface area (Å²) in [5.74, 6) is 1.40. The van der Waals surface area contributed by atoms with Gasteiger partial charge in [-0.15, -0.1) is 0 Å². The molecular weight excluding hydrogens is 520 g/mol. The van der Waals surface area contributed by atoms with Gasteiger partial charge in [0, 0.05) is 6.42 Å². The van der Waals surface area contributed by atoms with Crippen LogP contribution in [0, 0.1) is 23.2 Å². The van der Waals surface area contributed by atoms with Crippen molar-refractivity contribution >= 4 is 9.84 Å². The number of fused-ring (bicyclic) bond motifs is 1. The van der Waals surface area contributed by atoms with E-state index in [1.165, 1.54) is 5.57 Å². The van der Waals surface area contributed by atoms with Crippen LogP contribution in [0.3, 0.4) is 0 Å². The molecule has 3 saturated carbocycles. The molecule has 6 atom stereocenters. The minimum Gasteiger partial charge on any atom is -0.393 e. The SMILES string of the molecule is C=C1/C(=C\C=C2/CCC[C@]3(C)[C@@H]([C@H](C)CCS(=O)(=O)c4ccc(C(O)(CC)CC)cc4)CC[C@@H]23)C[C@H](O)C[C@H]1O. The van der Waals surface area contributed by atoms with Gasteiger partial charge in [-0.05, 0) is 110 Å². The van der Waals surface area contributed by atoms with Crippen molar-refractivity contribution in [2.24, 2.45) is 23.2 Å². The van der Waals surface area contributed by atoms with Gasteiger partial charge in [0.15, 0.2) is 9.84 Å². The maximum Gasteiger partial charge on any atom is 0.178 e. The third-order valence-electron chi connectivity index (χ3n) is 10.8. The number of sulfone groups is 1. The lowest BCUT2D eigenvalue weighted by atomic mass is 9.61. The maximum atomic E-state index is 13.3. The van der Waals surface area contributed by atoms with Crippen molar-refractivity contribution in [2.45, 2.75) is 115 Å². The van der Waals surface area contributed by atoms with Gasteiger partial charge < -0.3 is 15.3 Å². The van der Waals surface area contributed by atoms with E-state index < -0.39 is 27.6 Å². The zero-order chi connectivity index (χ0) is 29.3. The standard InChI is InChI=1S/C34H50O5S/c1-6-34(37,7-2)27-12-14-29(15-13-27)40(38,39)20-18-23(3)30-16-17-31-25(9-8-19-33(30,31)5)10-11-26-21-28(35)22-32(36)24(26)4/h10-15,23,28,30-32,35-37H,4,6-9,16-22H2,1-3,5H3/b25-10+,26-11-/t23-,28+,30-,31+,32-,33-/m1/s1. The summed E-state index contributed by atoms with van der Waals surface area (Å²) in [7, 11) is -3.41. The number of benzene rings is 1. The van der Waals surface area contributed by atoms with Crippen LogP contribution in [0.4, 0.5) is 0 Å². The molecule has 0 saturated heterocycles. The molecule has 0 amide bonds. The van der Waals surface area contributed by atoms with Gasteiger partial charge in [-0.1, -0.05) is 64.1 Å². The van der Waals surface area contributed by atoms with Gasteiger partial charge in [-0.2, -0.15) is 0 Å². The number of hydrogen-bond donors (Lipinski definition) is 3. The summed E-state index contributed by atoms with van der Waals surface area (Å²) >= 11 is 0. The van der Waals surface area contributed by atoms with Gasteiger partial charge in [-0.25, -0.2) is 8.42 Å². The molecule has 6 heteroatoms. The Kier molecular flexibility index (Phi) is 9.56. The van der Waals surface area contributed by atoms with Crippen molar-refractivity contribution in [1.29, 1.82) is 0 Å². The van der Waals surface area contributed by atoms with Crippen molar-refractivity contribution in [1.82, 2.24) is 0 Å². The molecule has 3 fully saturated rings. The van der Waals surface area contributed by atoms with Gasteiger partial charge in [0.1, 0.15) is 0 Å². The first-order chi connectivity index (χ1) is 18.8. The first kappa shape index (κ1) is 31.2. The van der Waals surface area contributed by atoms with Gasteiger partial charge in [0.25, 0.3) is 0 Å². The molecule has 0 bridgehead atoms. The van der Waals surface area contributed by atoms with E-state index in [1.807, 2.05) is 13.8 Å². The molecule has 0 heterocycles. The summed E-state index contributed by atoms with van der Waals surface area (Å²) in [6.07, 6.45) is 11.4. The summed E-state index contributed by atoms with van der Waals surface area (Å²) < 4.78 is 26.5. The van der Waals surface area contributed by atoms with Gasteiger partial charge >= 0.3 is 0 Å². The van der Waals surface area contributed by atoms with E-state index in [2.05, 4.69) is 32.6 Å². The van der Waals surface area contributed by atoms with Crippen molar-refractivity contribution < 1.29 is 23.7 Å². The summed E-state index contributed by atoms with van der Waals surface area (Å²) in [5, 5.41) is 31.1. The molecule has 1 aromatic carbocycles. The van der Waals surface area contributed by atoms with E-state index in [-0.39, 0.29) is 11.2 Å². The smallest absolute Gasteiger partial charge is 0.178 e. The van der Waals surface area contributed by atoms with Crippen LogP contribution in [0.25, 0.3) is 0 Å². The molecule has 4 rings (SSSR count). The number of aliphatic hydroxyl groups excluding tert-OH is 2. The average molecular weight is 571 g/mol. The Labute approximate surface area is 242 Å². The topological polar surface area (TPSA) is 94.8 Å². The summed E-state index contributed by atoms with van der Waals surface area (Å²) in [4.78, 5) is 0.337. The van der Waals surface area contributed by atoms with Crippen LogP contribution < -0.4 is 0 Å². The van der Waals surface area contributed by atoms with Crippen LogP contribution in [0.2, 0.25) is 0 Å². The molecule has 5 nitrogen and oxygen atoms in total. The van der Waals surface area contributed by atoms with Gasteiger partial charge in [-0.3, -0.25) is 0 Å². The quantitative estimate of drug-likeness (QED) is 0.310. The molecule has 0 spiro atoms. The number of aliphatic hydroxyl groups is 3. The molecule has 3 aliphatic rings. The third kappa shape index (κ3) is 6.21. The molecule has 40 heavy (non-hydrogen) atoms. The normalized spacial score (nSPS) is 32.4. The Morgan fingerprint density at radius 2 is 1.80 bits per heavy atom. The fourth-order valence-electron chi connectivity index (χ4n) is 7.97. The Morgan fingerprint density at radius 3 is 2.45 bits per heavy atom. The fourth-order valence-corrected chi connectivity index (χ4v) is 9.44. The van der Waals surface area contributed by atoms with E-state index in [1.54, 1.807) is 24.3 Å². The Morgan fingerprint density at radius 1 is 1.12 bits per heavy atom. The molecule has 0 aliphatic heterocycles. The van der Waals surface area contributed by atoms with Gasteiger partial charge in [0.05, 0.1) is 28.5 Å². The third-order valence-corrected chi connectivity index (χ3v) is 12.5. The van der Waals surface area contributed by atoms with Crippen LogP contribution in [0.15, 0.2) is 64.6 Å². The molecule has 222 valence electrons. The Bertz CT molecular complexity index is 1220. The number of rotatable bonds is 9. The van der Waals surface area contributed by atoms with E-state index in [0.29, 0.717) is 54.8 Å². The number of allylic oxidation sites excluding steroid dienone is 3. The van der Waals surface area contributed by atoms with E-state index >= 15 is 0 Å². The van der Waals surface area contributed by atoms with Crippen molar-refractivity contribution in [2.75, 3.05) is 5.75 Å². The lowest BCUT2D eigenvalue weighted by molar-refractivity contribution is 0.0283. The summed E-state index contributed by atoms with van der Waals surface area (Å²) in [6.45, 7) is 12.6.